The second-order valence-corrected chi connectivity index (χ2v) is 6.76. The molecule has 1 aromatic carbocycles. The highest BCUT2D eigenvalue weighted by atomic mass is 16.5. The molecule has 4 rings (SSSR count). The Bertz CT molecular complexity index is 841. The molecule has 1 atom stereocenters. The molecule has 2 N–H and O–H groups in total. The molecule has 1 aromatic heterocycles. The van der Waals surface area contributed by atoms with Gasteiger partial charge >= 0.3 is 0 Å². The number of amides is 1. The van der Waals surface area contributed by atoms with E-state index in [-0.39, 0.29) is 17.5 Å². The molecule has 0 radical (unpaired) electrons. The molecular formula is C19H22N4O3. The standard InChI is InChI=1S/C19H22N4O3/c24-18-12-14-11-15(3-6-17(14)21-22-18)20-19(25)13-1-4-16(5-2-13)23-7-9-26-10-8-23/h1-2,4-5,12,15H,3,6-11H2,(H,20,25)(H,22,24). The van der Waals surface area contributed by atoms with E-state index in [1.54, 1.807) is 6.07 Å². The van der Waals surface area contributed by atoms with E-state index in [1.807, 2.05) is 24.3 Å². The number of fused-ring (bicyclic) bond motifs is 1. The van der Waals surface area contributed by atoms with Gasteiger partial charge in [0.2, 0.25) is 0 Å². The van der Waals surface area contributed by atoms with Crippen molar-refractivity contribution in [3.63, 3.8) is 0 Å². The average Bonchev–Trinajstić information content (AvgIpc) is 2.68. The van der Waals surface area contributed by atoms with Gasteiger partial charge in [-0.15, -0.1) is 0 Å². The van der Waals surface area contributed by atoms with Crippen molar-refractivity contribution < 1.29 is 9.53 Å². The van der Waals surface area contributed by atoms with Crippen molar-refractivity contribution in [2.75, 3.05) is 31.2 Å². The number of morpholine rings is 1. The largest absolute Gasteiger partial charge is 0.378 e. The fraction of sp³-hybridized carbons (Fsp3) is 0.421. The van der Waals surface area contributed by atoms with Crippen molar-refractivity contribution in [2.45, 2.75) is 25.3 Å². The van der Waals surface area contributed by atoms with Crippen LogP contribution in [0, 0.1) is 0 Å². The van der Waals surface area contributed by atoms with Gasteiger partial charge in [-0.2, -0.15) is 5.10 Å². The Morgan fingerprint density at radius 1 is 1.23 bits per heavy atom. The number of aromatic nitrogens is 2. The van der Waals surface area contributed by atoms with Gasteiger partial charge < -0.3 is 15.0 Å². The molecule has 7 heteroatoms. The van der Waals surface area contributed by atoms with Crippen molar-refractivity contribution in [2.24, 2.45) is 0 Å². The summed E-state index contributed by atoms with van der Waals surface area (Å²) in [6.45, 7) is 3.23. The van der Waals surface area contributed by atoms with E-state index < -0.39 is 0 Å². The highest BCUT2D eigenvalue weighted by molar-refractivity contribution is 5.94. The third-order valence-electron chi connectivity index (χ3n) is 5.01. The molecular weight excluding hydrogens is 332 g/mol. The van der Waals surface area contributed by atoms with Crippen LogP contribution in [0.3, 0.4) is 0 Å². The summed E-state index contributed by atoms with van der Waals surface area (Å²) in [6.07, 6.45) is 2.22. The fourth-order valence-corrected chi connectivity index (χ4v) is 3.58. The van der Waals surface area contributed by atoms with E-state index in [2.05, 4.69) is 20.4 Å². The number of aromatic amines is 1. The van der Waals surface area contributed by atoms with Gasteiger partial charge in [-0.25, -0.2) is 5.10 Å². The van der Waals surface area contributed by atoms with Crippen LogP contribution in [0.4, 0.5) is 5.69 Å². The van der Waals surface area contributed by atoms with Crippen LogP contribution >= 0.6 is 0 Å². The first-order valence-electron chi connectivity index (χ1n) is 9.00. The summed E-state index contributed by atoms with van der Waals surface area (Å²) in [6, 6.07) is 9.31. The van der Waals surface area contributed by atoms with E-state index >= 15 is 0 Å². The maximum Gasteiger partial charge on any atom is 0.264 e. The molecule has 2 aliphatic rings. The highest BCUT2D eigenvalue weighted by Crippen LogP contribution is 2.19. The highest BCUT2D eigenvalue weighted by Gasteiger charge is 2.22. The number of anilines is 1. The van der Waals surface area contributed by atoms with Crippen LogP contribution in [-0.2, 0) is 17.6 Å². The quantitative estimate of drug-likeness (QED) is 0.855. The van der Waals surface area contributed by atoms with E-state index in [0.717, 1.165) is 56.1 Å². The molecule has 26 heavy (non-hydrogen) atoms. The van der Waals surface area contributed by atoms with Gasteiger partial charge in [0.25, 0.3) is 11.5 Å². The monoisotopic (exact) mass is 354 g/mol. The lowest BCUT2D eigenvalue weighted by Gasteiger charge is -2.29. The molecule has 1 aliphatic carbocycles. The minimum Gasteiger partial charge on any atom is -0.378 e. The summed E-state index contributed by atoms with van der Waals surface area (Å²) in [7, 11) is 0. The van der Waals surface area contributed by atoms with Gasteiger partial charge in [-0.05, 0) is 49.1 Å². The number of H-pyrrole nitrogens is 1. The first kappa shape index (κ1) is 16.8. The molecule has 1 unspecified atom stereocenters. The summed E-state index contributed by atoms with van der Waals surface area (Å²) >= 11 is 0. The lowest BCUT2D eigenvalue weighted by atomic mass is 9.92. The molecule has 1 saturated heterocycles. The first-order chi connectivity index (χ1) is 12.7. The molecule has 2 aromatic rings. The Balaban J connectivity index is 1.39. The Kier molecular flexibility index (Phi) is 4.71. The minimum absolute atomic E-state index is 0.0255. The lowest BCUT2D eigenvalue weighted by molar-refractivity contribution is 0.0933. The Hall–Kier alpha value is -2.67. The SMILES string of the molecule is O=C(NC1CCc2n[nH]c(=O)cc2C1)c1ccc(N2CCOCC2)cc1. The van der Waals surface area contributed by atoms with Gasteiger partial charge in [0.15, 0.2) is 0 Å². The second kappa shape index (κ2) is 7.29. The first-order valence-corrected chi connectivity index (χ1v) is 9.00. The van der Waals surface area contributed by atoms with Crippen LogP contribution in [0.1, 0.15) is 28.0 Å². The van der Waals surface area contributed by atoms with E-state index in [1.165, 1.54) is 0 Å². The van der Waals surface area contributed by atoms with Crippen LogP contribution in [0.15, 0.2) is 35.1 Å². The van der Waals surface area contributed by atoms with Gasteiger partial charge in [-0.1, -0.05) is 0 Å². The van der Waals surface area contributed by atoms with Crippen molar-refractivity contribution in [1.82, 2.24) is 15.5 Å². The summed E-state index contributed by atoms with van der Waals surface area (Å²) in [5, 5.41) is 9.63. The number of nitrogens with one attached hydrogen (secondary N) is 2. The molecule has 2 heterocycles. The van der Waals surface area contributed by atoms with E-state index in [9.17, 15) is 9.59 Å². The molecule has 1 aliphatic heterocycles. The zero-order chi connectivity index (χ0) is 17.9. The predicted molar refractivity (Wildman–Crippen MR) is 97.6 cm³/mol. The van der Waals surface area contributed by atoms with E-state index in [0.29, 0.717) is 12.0 Å². The van der Waals surface area contributed by atoms with Gasteiger partial charge in [0, 0.05) is 36.4 Å². The zero-order valence-electron chi connectivity index (χ0n) is 14.5. The Labute approximate surface area is 151 Å². The van der Waals surface area contributed by atoms with Crippen LogP contribution in [0.2, 0.25) is 0 Å². The summed E-state index contributed by atoms with van der Waals surface area (Å²) in [5.74, 6) is -0.0789. The number of hydrogen-bond donors (Lipinski definition) is 2. The molecule has 0 bridgehead atoms. The molecule has 136 valence electrons. The summed E-state index contributed by atoms with van der Waals surface area (Å²) in [4.78, 5) is 26.2. The third kappa shape index (κ3) is 3.62. The smallest absolute Gasteiger partial charge is 0.264 e. The Morgan fingerprint density at radius 2 is 2.00 bits per heavy atom. The fourth-order valence-electron chi connectivity index (χ4n) is 3.58. The maximum atomic E-state index is 12.6. The molecule has 7 nitrogen and oxygen atoms in total. The summed E-state index contributed by atoms with van der Waals surface area (Å²) < 4.78 is 5.37. The number of hydrogen-bond acceptors (Lipinski definition) is 5. The van der Waals surface area contributed by atoms with Crippen LogP contribution < -0.4 is 15.8 Å². The number of benzene rings is 1. The molecule has 1 fully saturated rings. The topological polar surface area (TPSA) is 87.3 Å². The van der Waals surface area contributed by atoms with Crippen LogP contribution in [0.5, 0.6) is 0 Å². The number of ether oxygens (including phenoxy) is 1. The number of carbonyl (C=O) groups is 1. The number of rotatable bonds is 3. The van der Waals surface area contributed by atoms with Gasteiger partial charge in [0.1, 0.15) is 0 Å². The van der Waals surface area contributed by atoms with Gasteiger partial charge in [-0.3, -0.25) is 9.59 Å². The number of aryl methyl sites for hydroxylation is 1. The van der Waals surface area contributed by atoms with Crippen molar-refractivity contribution in [1.29, 1.82) is 0 Å². The molecule has 1 amide bonds. The normalized spacial score (nSPS) is 19.7. The number of nitrogens with zero attached hydrogens (tertiary/aromatic N) is 2. The second-order valence-electron chi connectivity index (χ2n) is 6.76. The number of carbonyl (C=O) groups excluding carboxylic acids is 1. The molecule has 0 spiro atoms. The van der Waals surface area contributed by atoms with Crippen molar-refractivity contribution >= 4 is 11.6 Å². The minimum atomic E-state index is -0.200. The average molecular weight is 354 g/mol. The van der Waals surface area contributed by atoms with Crippen LogP contribution in [0.25, 0.3) is 0 Å². The van der Waals surface area contributed by atoms with Gasteiger partial charge in [0.05, 0.1) is 18.9 Å². The maximum absolute atomic E-state index is 12.6. The van der Waals surface area contributed by atoms with Crippen LogP contribution in [-0.4, -0.2) is 48.4 Å². The Morgan fingerprint density at radius 3 is 2.77 bits per heavy atom. The molecule has 0 saturated carbocycles. The third-order valence-corrected chi connectivity index (χ3v) is 5.01. The lowest BCUT2D eigenvalue weighted by Crippen LogP contribution is -2.39. The predicted octanol–water partition coefficient (Wildman–Crippen LogP) is 0.894. The summed E-state index contributed by atoms with van der Waals surface area (Å²) in [5.41, 5.74) is 3.41. The van der Waals surface area contributed by atoms with E-state index in [4.69, 9.17) is 4.74 Å². The zero-order valence-corrected chi connectivity index (χ0v) is 14.5. The van der Waals surface area contributed by atoms with Crippen molar-refractivity contribution in [3.8, 4) is 0 Å². The van der Waals surface area contributed by atoms with Crippen molar-refractivity contribution in [3.05, 3.63) is 57.5 Å².